The predicted molar refractivity (Wildman–Crippen MR) is 71.6 cm³/mol. The van der Waals surface area contributed by atoms with Crippen LogP contribution in [0.5, 0.6) is 0 Å². The first-order valence-electron chi connectivity index (χ1n) is 5.85. The molecule has 0 spiro atoms. The van der Waals surface area contributed by atoms with Crippen molar-refractivity contribution < 1.29 is 4.79 Å². The van der Waals surface area contributed by atoms with Gasteiger partial charge in [-0.15, -0.1) is 21.5 Å². The van der Waals surface area contributed by atoms with Crippen LogP contribution in [0.2, 0.25) is 0 Å². The predicted octanol–water partition coefficient (Wildman–Crippen LogP) is 1.14. The number of nitrogens with zero attached hydrogens (tertiary/aromatic N) is 4. The van der Waals surface area contributed by atoms with Crippen molar-refractivity contribution in [1.82, 2.24) is 30.4 Å². The van der Waals surface area contributed by atoms with Gasteiger partial charge < -0.3 is 15.2 Å². The number of hydrogen-bond acceptors (Lipinski definition) is 5. The smallest absolute Gasteiger partial charge is 0.315 e. The summed E-state index contributed by atoms with van der Waals surface area (Å²) in [5.41, 5.74) is 0.865. The molecule has 2 amide bonds. The fraction of sp³-hybridized carbons (Fsp3) is 0.455. The summed E-state index contributed by atoms with van der Waals surface area (Å²) in [4.78, 5) is 16.0. The van der Waals surface area contributed by atoms with Gasteiger partial charge in [-0.2, -0.15) is 0 Å². The van der Waals surface area contributed by atoms with E-state index in [1.54, 1.807) is 22.2 Å². The lowest BCUT2D eigenvalue weighted by atomic mass is 10.3. The lowest BCUT2D eigenvalue weighted by molar-refractivity contribution is 0.236. The molecule has 2 aromatic heterocycles. The van der Waals surface area contributed by atoms with Gasteiger partial charge in [-0.25, -0.2) is 9.78 Å². The summed E-state index contributed by atoms with van der Waals surface area (Å²) in [5, 5.41) is 16.2. The third-order valence-electron chi connectivity index (χ3n) is 2.58. The molecule has 7 nitrogen and oxygen atoms in total. The van der Waals surface area contributed by atoms with Crippen molar-refractivity contribution in [2.75, 3.05) is 0 Å². The zero-order valence-electron chi connectivity index (χ0n) is 11.0. The lowest BCUT2D eigenvalue weighted by Gasteiger charge is -2.13. The minimum absolute atomic E-state index is 0.204. The molecule has 8 heteroatoms. The van der Waals surface area contributed by atoms with Gasteiger partial charge in [0.1, 0.15) is 6.33 Å². The van der Waals surface area contributed by atoms with E-state index in [4.69, 9.17) is 0 Å². The maximum Gasteiger partial charge on any atom is 0.315 e. The Morgan fingerprint density at radius 1 is 1.58 bits per heavy atom. The molecule has 0 saturated carbocycles. The molecule has 2 aromatic rings. The Bertz CT molecular complexity index is 563. The molecule has 2 rings (SSSR count). The van der Waals surface area contributed by atoms with Gasteiger partial charge in [0.15, 0.2) is 5.82 Å². The SMILES string of the molecule is Cc1nc(CNC(=O)N[C@@H](C)c2nncn2C)cs1. The Balaban J connectivity index is 1.83. The molecule has 19 heavy (non-hydrogen) atoms. The topological polar surface area (TPSA) is 84.7 Å². The first-order valence-corrected chi connectivity index (χ1v) is 6.73. The van der Waals surface area contributed by atoms with Crippen LogP contribution < -0.4 is 10.6 Å². The molecular formula is C11H16N6OS. The Labute approximate surface area is 115 Å². The van der Waals surface area contributed by atoms with E-state index in [9.17, 15) is 4.79 Å². The van der Waals surface area contributed by atoms with E-state index in [0.717, 1.165) is 10.7 Å². The van der Waals surface area contributed by atoms with Crippen LogP contribution in [0.25, 0.3) is 0 Å². The van der Waals surface area contributed by atoms with E-state index >= 15 is 0 Å². The summed E-state index contributed by atoms with van der Waals surface area (Å²) in [6.45, 7) is 4.21. The van der Waals surface area contributed by atoms with Gasteiger partial charge in [0.25, 0.3) is 0 Å². The molecule has 102 valence electrons. The van der Waals surface area contributed by atoms with Crippen molar-refractivity contribution in [3.63, 3.8) is 0 Å². The average Bonchev–Trinajstić information content (AvgIpc) is 2.95. The number of amides is 2. The number of hydrogen-bond donors (Lipinski definition) is 2. The summed E-state index contributed by atoms with van der Waals surface area (Å²) in [5.74, 6) is 0.708. The van der Waals surface area contributed by atoms with Crippen LogP contribution in [0.15, 0.2) is 11.7 Å². The quantitative estimate of drug-likeness (QED) is 0.879. The number of urea groups is 1. The number of carbonyl (C=O) groups excluding carboxylic acids is 1. The fourth-order valence-electron chi connectivity index (χ4n) is 1.66. The average molecular weight is 280 g/mol. The van der Waals surface area contributed by atoms with Crippen molar-refractivity contribution >= 4 is 17.4 Å². The third kappa shape index (κ3) is 3.50. The highest BCUT2D eigenvalue weighted by molar-refractivity contribution is 7.09. The minimum atomic E-state index is -0.249. The molecule has 0 radical (unpaired) electrons. The first kappa shape index (κ1) is 13.5. The van der Waals surface area contributed by atoms with Crippen molar-refractivity contribution in [2.45, 2.75) is 26.4 Å². The highest BCUT2D eigenvalue weighted by Gasteiger charge is 2.13. The van der Waals surface area contributed by atoms with E-state index in [2.05, 4.69) is 25.8 Å². The summed E-state index contributed by atoms with van der Waals surface area (Å²) in [6.07, 6.45) is 1.60. The first-order chi connectivity index (χ1) is 9.06. The molecule has 0 saturated heterocycles. The second-order valence-electron chi connectivity index (χ2n) is 4.21. The van der Waals surface area contributed by atoms with Crippen LogP contribution in [-0.4, -0.2) is 25.8 Å². The van der Waals surface area contributed by atoms with Crippen LogP contribution >= 0.6 is 11.3 Å². The fourth-order valence-corrected chi connectivity index (χ4v) is 2.27. The standard InChI is InChI=1S/C11H16N6OS/c1-7(10-16-13-6-17(10)3)14-11(18)12-4-9-5-19-8(2)15-9/h5-7H,4H2,1-3H3,(H2,12,14,18)/t7-/m0/s1. The molecule has 0 aliphatic carbocycles. The Hall–Kier alpha value is -1.96. The summed E-state index contributed by atoms with van der Waals surface area (Å²) in [7, 11) is 1.84. The maximum absolute atomic E-state index is 11.7. The lowest BCUT2D eigenvalue weighted by Crippen LogP contribution is -2.37. The number of aryl methyl sites for hydroxylation is 2. The van der Waals surface area contributed by atoms with Crippen molar-refractivity contribution in [3.8, 4) is 0 Å². The van der Waals surface area contributed by atoms with Crippen LogP contribution in [0.4, 0.5) is 4.79 Å². The Morgan fingerprint density at radius 2 is 2.37 bits per heavy atom. The molecule has 1 atom stereocenters. The van der Waals surface area contributed by atoms with E-state index in [1.165, 1.54) is 0 Å². The van der Waals surface area contributed by atoms with Crippen LogP contribution in [0.3, 0.4) is 0 Å². The molecule has 2 N–H and O–H groups in total. The van der Waals surface area contributed by atoms with E-state index in [1.807, 2.05) is 26.3 Å². The molecule has 0 aromatic carbocycles. The Kier molecular flexibility index (Phi) is 4.10. The van der Waals surface area contributed by atoms with Gasteiger partial charge in [-0.1, -0.05) is 0 Å². The van der Waals surface area contributed by atoms with Crippen molar-refractivity contribution in [3.05, 3.63) is 28.2 Å². The summed E-state index contributed by atoms with van der Waals surface area (Å²) < 4.78 is 1.77. The van der Waals surface area contributed by atoms with Gasteiger partial charge >= 0.3 is 6.03 Å². The zero-order valence-corrected chi connectivity index (χ0v) is 11.9. The zero-order chi connectivity index (χ0) is 13.8. The number of nitrogens with one attached hydrogen (secondary N) is 2. The van der Waals surface area contributed by atoms with Gasteiger partial charge in [0, 0.05) is 12.4 Å². The van der Waals surface area contributed by atoms with E-state index in [-0.39, 0.29) is 12.1 Å². The third-order valence-corrected chi connectivity index (χ3v) is 3.40. The highest BCUT2D eigenvalue weighted by atomic mass is 32.1. The number of aromatic nitrogens is 4. The summed E-state index contributed by atoms with van der Waals surface area (Å²) in [6, 6.07) is -0.453. The van der Waals surface area contributed by atoms with E-state index < -0.39 is 0 Å². The van der Waals surface area contributed by atoms with Crippen molar-refractivity contribution in [1.29, 1.82) is 0 Å². The van der Waals surface area contributed by atoms with Crippen molar-refractivity contribution in [2.24, 2.45) is 7.05 Å². The molecule has 0 fully saturated rings. The maximum atomic E-state index is 11.7. The molecule has 0 aliphatic heterocycles. The molecular weight excluding hydrogens is 264 g/mol. The molecule has 0 aliphatic rings. The number of thiazole rings is 1. The number of carbonyl (C=O) groups is 1. The van der Waals surface area contributed by atoms with Gasteiger partial charge in [0.2, 0.25) is 0 Å². The normalized spacial score (nSPS) is 12.2. The second kappa shape index (κ2) is 5.79. The monoisotopic (exact) mass is 280 g/mol. The molecule has 2 heterocycles. The van der Waals surface area contributed by atoms with Crippen LogP contribution in [0, 0.1) is 6.92 Å². The van der Waals surface area contributed by atoms with E-state index in [0.29, 0.717) is 12.4 Å². The van der Waals surface area contributed by atoms with Crippen LogP contribution in [-0.2, 0) is 13.6 Å². The summed E-state index contributed by atoms with van der Waals surface area (Å²) >= 11 is 1.57. The van der Waals surface area contributed by atoms with Gasteiger partial charge in [-0.3, -0.25) is 0 Å². The van der Waals surface area contributed by atoms with Crippen LogP contribution in [0.1, 0.15) is 29.5 Å². The Morgan fingerprint density at radius 3 is 2.95 bits per heavy atom. The van der Waals surface area contributed by atoms with Gasteiger partial charge in [0.05, 0.1) is 23.3 Å². The largest absolute Gasteiger partial charge is 0.332 e. The highest BCUT2D eigenvalue weighted by Crippen LogP contribution is 2.08. The second-order valence-corrected chi connectivity index (χ2v) is 5.27. The number of rotatable bonds is 4. The van der Waals surface area contributed by atoms with Gasteiger partial charge in [-0.05, 0) is 13.8 Å². The molecule has 0 bridgehead atoms. The minimum Gasteiger partial charge on any atom is -0.332 e. The molecule has 0 unspecified atom stereocenters.